The largest absolute Gasteiger partial charge is 0.381 e. The van der Waals surface area contributed by atoms with Gasteiger partial charge in [-0.3, -0.25) is 4.79 Å². The third kappa shape index (κ3) is 4.45. The topological polar surface area (TPSA) is 38.3 Å². The predicted octanol–water partition coefficient (Wildman–Crippen LogP) is 3.55. The monoisotopic (exact) mass is 309 g/mol. The third-order valence-corrected chi connectivity index (χ3v) is 4.04. The minimum absolute atomic E-state index is 0.133. The lowest BCUT2D eigenvalue weighted by Gasteiger charge is -2.16. The summed E-state index contributed by atoms with van der Waals surface area (Å²) in [5, 5.41) is 3.74. The molecular formula is C17H24ClNO2. The molecule has 1 N–H and O–H groups in total. The van der Waals surface area contributed by atoms with Gasteiger partial charge < -0.3 is 10.1 Å². The molecule has 116 valence electrons. The maximum atomic E-state index is 12.4. The molecule has 1 fully saturated rings. The fraction of sp³-hybridized carbons (Fsp3) is 0.588. The van der Waals surface area contributed by atoms with Gasteiger partial charge in [0.05, 0.1) is 5.41 Å². The third-order valence-electron chi connectivity index (χ3n) is 3.78. The zero-order valence-electron chi connectivity index (χ0n) is 12.8. The number of carbonyl (C=O) groups is 1. The lowest BCUT2D eigenvalue weighted by Crippen LogP contribution is -2.35. The molecule has 3 nitrogen and oxygen atoms in total. The summed E-state index contributed by atoms with van der Waals surface area (Å²) in [5.74, 6) is 0.688. The number of benzene rings is 1. The van der Waals surface area contributed by atoms with Crippen molar-refractivity contribution in [2.24, 2.45) is 5.92 Å². The smallest absolute Gasteiger partial charge is 0.230 e. The summed E-state index contributed by atoms with van der Waals surface area (Å²) < 4.78 is 5.51. The molecule has 1 amide bonds. The van der Waals surface area contributed by atoms with Crippen LogP contribution in [0.15, 0.2) is 24.3 Å². The number of nitrogens with one attached hydrogen (secondary N) is 1. The summed E-state index contributed by atoms with van der Waals surface area (Å²) >= 11 is 5.90. The van der Waals surface area contributed by atoms with Crippen LogP contribution in [-0.4, -0.2) is 25.7 Å². The van der Waals surface area contributed by atoms with Crippen molar-refractivity contribution in [3.63, 3.8) is 0 Å². The molecule has 1 aliphatic rings. The zero-order chi connectivity index (χ0) is 15.3. The number of hydrogen-bond donors (Lipinski definition) is 1. The van der Waals surface area contributed by atoms with Crippen LogP contribution in [0.4, 0.5) is 0 Å². The maximum absolute atomic E-state index is 12.4. The normalized spacial score (nSPS) is 16.0. The first-order chi connectivity index (χ1) is 10.0. The number of halogens is 1. The van der Waals surface area contributed by atoms with Crippen LogP contribution in [-0.2, 0) is 14.9 Å². The van der Waals surface area contributed by atoms with Crippen molar-refractivity contribution in [1.29, 1.82) is 0 Å². The molecule has 0 unspecified atom stereocenters. The minimum atomic E-state index is -0.316. The van der Waals surface area contributed by atoms with Crippen LogP contribution in [0.5, 0.6) is 0 Å². The highest BCUT2D eigenvalue weighted by Crippen LogP contribution is 2.48. The molecule has 1 aromatic carbocycles. The number of rotatable bonds is 8. The van der Waals surface area contributed by atoms with E-state index in [2.05, 4.69) is 19.2 Å². The van der Waals surface area contributed by atoms with Gasteiger partial charge in [-0.15, -0.1) is 0 Å². The van der Waals surface area contributed by atoms with Crippen molar-refractivity contribution >= 4 is 17.5 Å². The Labute approximate surface area is 132 Å². The zero-order valence-corrected chi connectivity index (χ0v) is 13.6. The highest BCUT2D eigenvalue weighted by molar-refractivity contribution is 6.30. The van der Waals surface area contributed by atoms with Gasteiger partial charge in [-0.05, 0) is 42.9 Å². The summed E-state index contributed by atoms with van der Waals surface area (Å²) in [5.41, 5.74) is 0.754. The number of carbonyl (C=O) groups excluding carboxylic acids is 1. The highest BCUT2D eigenvalue weighted by atomic mass is 35.5. The molecule has 1 aliphatic carbocycles. The van der Waals surface area contributed by atoms with Gasteiger partial charge in [0, 0.05) is 24.8 Å². The molecule has 0 saturated heterocycles. The summed E-state index contributed by atoms with van der Waals surface area (Å²) in [6.07, 6.45) is 2.70. The van der Waals surface area contributed by atoms with Crippen molar-refractivity contribution in [1.82, 2.24) is 5.32 Å². The van der Waals surface area contributed by atoms with Gasteiger partial charge in [0.1, 0.15) is 0 Å². The van der Waals surface area contributed by atoms with Crippen molar-refractivity contribution in [3.8, 4) is 0 Å². The van der Waals surface area contributed by atoms with E-state index >= 15 is 0 Å². The highest BCUT2D eigenvalue weighted by Gasteiger charge is 2.50. The van der Waals surface area contributed by atoms with Crippen molar-refractivity contribution < 1.29 is 9.53 Å². The average Bonchev–Trinajstić information content (AvgIpc) is 3.24. The molecule has 21 heavy (non-hydrogen) atoms. The van der Waals surface area contributed by atoms with Gasteiger partial charge in [0.25, 0.3) is 0 Å². The van der Waals surface area contributed by atoms with E-state index in [0.29, 0.717) is 24.1 Å². The van der Waals surface area contributed by atoms with Gasteiger partial charge in [-0.25, -0.2) is 0 Å². The summed E-state index contributed by atoms with van der Waals surface area (Å²) in [6.45, 7) is 6.41. The van der Waals surface area contributed by atoms with E-state index in [4.69, 9.17) is 16.3 Å². The lowest BCUT2D eigenvalue weighted by molar-refractivity contribution is -0.123. The van der Waals surface area contributed by atoms with Gasteiger partial charge in [-0.1, -0.05) is 37.6 Å². The van der Waals surface area contributed by atoms with E-state index in [1.165, 1.54) is 0 Å². The minimum Gasteiger partial charge on any atom is -0.381 e. The van der Waals surface area contributed by atoms with E-state index in [1.807, 2.05) is 24.3 Å². The Bertz CT molecular complexity index is 466. The lowest BCUT2D eigenvalue weighted by atomic mass is 9.95. The summed E-state index contributed by atoms with van der Waals surface area (Å²) in [4.78, 5) is 12.4. The number of amides is 1. The first-order valence-electron chi connectivity index (χ1n) is 7.67. The van der Waals surface area contributed by atoms with Gasteiger partial charge >= 0.3 is 0 Å². The van der Waals surface area contributed by atoms with Crippen molar-refractivity contribution in [3.05, 3.63) is 34.9 Å². The van der Waals surface area contributed by atoms with Crippen LogP contribution in [0.3, 0.4) is 0 Å². The second kappa shape index (κ2) is 7.28. The fourth-order valence-electron chi connectivity index (χ4n) is 2.41. The van der Waals surface area contributed by atoms with Gasteiger partial charge in [0.15, 0.2) is 0 Å². The molecule has 0 radical (unpaired) electrons. The Morgan fingerprint density at radius 2 is 2.00 bits per heavy atom. The molecule has 4 heteroatoms. The molecule has 1 saturated carbocycles. The maximum Gasteiger partial charge on any atom is 0.230 e. The Morgan fingerprint density at radius 3 is 2.57 bits per heavy atom. The number of ether oxygens (including phenoxy) is 1. The van der Waals surface area contributed by atoms with E-state index in [9.17, 15) is 4.79 Å². The standard InChI is InChI=1S/C17H24ClNO2/c1-13(2)12-21-11-3-10-19-16(20)17(8-9-17)14-4-6-15(18)7-5-14/h4-7,13H,3,8-12H2,1-2H3,(H,19,20). The summed E-state index contributed by atoms with van der Waals surface area (Å²) in [6, 6.07) is 7.62. The van der Waals surface area contributed by atoms with Crippen LogP contribution in [0, 0.1) is 5.92 Å². The SMILES string of the molecule is CC(C)COCCCNC(=O)C1(c2ccc(Cl)cc2)CC1. The number of hydrogen-bond acceptors (Lipinski definition) is 2. The predicted molar refractivity (Wildman–Crippen MR) is 85.6 cm³/mol. The van der Waals surface area contributed by atoms with Gasteiger partial charge in [0.2, 0.25) is 5.91 Å². The molecule has 0 aromatic heterocycles. The van der Waals surface area contributed by atoms with E-state index < -0.39 is 0 Å². The quantitative estimate of drug-likeness (QED) is 0.746. The molecule has 0 bridgehead atoms. The molecule has 0 spiro atoms. The van der Waals surface area contributed by atoms with E-state index in [-0.39, 0.29) is 11.3 Å². The van der Waals surface area contributed by atoms with Crippen molar-refractivity contribution in [2.75, 3.05) is 19.8 Å². The van der Waals surface area contributed by atoms with Gasteiger partial charge in [-0.2, -0.15) is 0 Å². The second-order valence-electron chi connectivity index (χ2n) is 6.17. The van der Waals surface area contributed by atoms with Crippen molar-refractivity contribution in [2.45, 2.75) is 38.5 Å². The Kier molecular flexibility index (Phi) is 5.65. The Morgan fingerprint density at radius 1 is 1.33 bits per heavy atom. The molecule has 0 aliphatic heterocycles. The molecule has 1 aromatic rings. The second-order valence-corrected chi connectivity index (χ2v) is 6.60. The Balaban J connectivity index is 1.74. The molecule has 0 atom stereocenters. The van der Waals surface area contributed by atoms with Crippen LogP contribution >= 0.6 is 11.6 Å². The van der Waals surface area contributed by atoms with Crippen LogP contribution < -0.4 is 5.32 Å². The summed E-state index contributed by atoms with van der Waals surface area (Å²) in [7, 11) is 0. The molecular weight excluding hydrogens is 286 g/mol. The van der Waals surface area contributed by atoms with Crippen LogP contribution in [0.2, 0.25) is 5.02 Å². The molecule has 0 heterocycles. The fourth-order valence-corrected chi connectivity index (χ4v) is 2.53. The van der Waals surface area contributed by atoms with Crippen LogP contribution in [0.1, 0.15) is 38.7 Å². The van der Waals surface area contributed by atoms with E-state index in [0.717, 1.165) is 31.4 Å². The van der Waals surface area contributed by atoms with Crippen LogP contribution in [0.25, 0.3) is 0 Å². The first kappa shape index (κ1) is 16.3. The van der Waals surface area contributed by atoms with E-state index in [1.54, 1.807) is 0 Å². The molecule has 2 rings (SSSR count). The first-order valence-corrected chi connectivity index (χ1v) is 8.04. The average molecular weight is 310 g/mol. The Hall–Kier alpha value is -1.06.